The van der Waals surface area contributed by atoms with Crippen molar-refractivity contribution in [2.24, 2.45) is 5.92 Å². The number of nitrogens with zero attached hydrogens (tertiary/aromatic N) is 2. The Morgan fingerprint density at radius 1 is 1.17 bits per heavy atom. The fourth-order valence-corrected chi connectivity index (χ4v) is 3.27. The van der Waals surface area contributed by atoms with E-state index in [2.05, 4.69) is 20.4 Å². The summed E-state index contributed by atoms with van der Waals surface area (Å²) < 4.78 is 10.4. The first-order chi connectivity index (χ1) is 11.8. The molecule has 0 aromatic carbocycles. The number of nitrogens with one attached hydrogen (secondary N) is 2. The van der Waals surface area contributed by atoms with Gasteiger partial charge in [0.05, 0.1) is 25.7 Å². The van der Waals surface area contributed by atoms with Crippen LogP contribution in [0, 0.1) is 5.92 Å². The average Bonchev–Trinajstić information content (AvgIpc) is 3.29. The molecule has 0 unspecified atom stereocenters. The number of likely N-dealkylation sites (tertiary alicyclic amines) is 1. The quantitative estimate of drug-likeness (QED) is 0.768. The van der Waals surface area contributed by atoms with E-state index in [1.54, 1.807) is 12.5 Å². The van der Waals surface area contributed by atoms with Crippen LogP contribution in [0.2, 0.25) is 0 Å². The van der Waals surface area contributed by atoms with Crippen LogP contribution < -0.4 is 10.6 Å². The average molecular weight is 336 g/mol. The van der Waals surface area contributed by atoms with Crippen LogP contribution in [0.1, 0.15) is 12.0 Å². The number of ether oxygens (including phenoxy) is 1. The van der Waals surface area contributed by atoms with Gasteiger partial charge in [0, 0.05) is 51.4 Å². The maximum absolute atomic E-state index is 11.8. The van der Waals surface area contributed by atoms with E-state index in [1.807, 2.05) is 6.07 Å². The fraction of sp³-hybridized carbons (Fsp3) is 0.706. The lowest BCUT2D eigenvalue weighted by atomic mass is 10.1. The molecular formula is C17H28N4O3. The molecule has 1 aromatic rings. The van der Waals surface area contributed by atoms with Crippen molar-refractivity contribution in [1.82, 2.24) is 20.4 Å². The molecule has 2 saturated heterocycles. The first-order valence-electron chi connectivity index (χ1n) is 8.85. The predicted octanol–water partition coefficient (Wildman–Crippen LogP) is 0.733. The highest BCUT2D eigenvalue weighted by atomic mass is 16.5. The van der Waals surface area contributed by atoms with Crippen molar-refractivity contribution in [3.8, 4) is 0 Å². The molecule has 24 heavy (non-hydrogen) atoms. The normalized spacial score (nSPS) is 22.6. The van der Waals surface area contributed by atoms with E-state index in [0.717, 1.165) is 71.0 Å². The molecule has 1 aromatic heterocycles. The highest BCUT2D eigenvalue weighted by Crippen LogP contribution is 2.15. The minimum Gasteiger partial charge on any atom is -0.472 e. The lowest BCUT2D eigenvalue weighted by Gasteiger charge is -2.28. The van der Waals surface area contributed by atoms with Crippen LogP contribution in [-0.2, 0) is 11.3 Å². The van der Waals surface area contributed by atoms with Gasteiger partial charge in [-0.1, -0.05) is 0 Å². The standard InChI is InChI=1S/C17H28N4O3/c22-17(19-12-16-2-8-24-14-16)18-11-15-1-3-21(13-15)5-4-20-6-9-23-10-7-20/h2,8,14-15H,1,3-7,9-13H2,(H2,18,19,22)/t15-/m0/s1. The van der Waals surface area contributed by atoms with Gasteiger partial charge in [0.2, 0.25) is 0 Å². The number of furan rings is 1. The number of morpholine rings is 1. The lowest BCUT2D eigenvalue weighted by Crippen LogP contribution is -2.41. The molecule has 2 amide bonds. The highest BCUT2D eigenvalue weighted by molar-refractivity contribution is 5.73. The zero-order valence-electron chi connectivity index (χ0n) is 14.2. The predicted molar refractivity (Wildman–Crippen MR) is 90.8 cm³/mol. The van der Waals surface area contributed by atoms with Crippen LogP contribution in [0.5, 0.6) is 0 Å². The van der Waals surface area contributed by atoms with E-state index >= 15 is 0 Å². The molecule has 3 heterocycles. The third kappa shape index (κ3) is 5.51. The lowest BCUT2D eigenvalue weighted by molar-refractivity contribution is 0.0343. The van der Waals surface area contributed by atoms with E-state index in [0.29, 0.717) is 12.5 Å². The summed E-state index contributed by atoms with van der Waals surface area (Å²) in [6, 6.07) is 1.74. The number of carbonyl (C=O) groups is 1. The third-order valence-electron chi connectivity index (χ3n) is 4.79. The van der Waals surface area contributed by atoms with Gasteiger partial charge in [-0.2, -0.15) is 0 Å². The second kappa shape index (κ2) is 9.05. The summed E-state index contributed by atoms with van der Waals surface area (Å²) >= 11 is 0. The van der Waals surface area contributed by atoms with Gasteiger partial charge in [0.1, 0.15) is 0 Å². The number of amides is 2. The molecule has 3 rings (SSSR count). The maximum Gasteiger partial charge on any atom is 0.315 e. The summed E-state index contributed by atoms with van der Waals surface area (Å²) in [5.41, 5.74) is 0.973. The van der Waals surface area contributed by atoms with Gasteiger partial charge in [-0.25, -0.2) is 4.79 Å². The van der Waals surface area contributed by atoms with E-state index in [4.69, 9.17) is 9.15 Å². The first-order valence-corrected chi connectivity index (χ1v) is 8.85. The second-order valence-electron chi connectivity index (χ2n) is 6.60. The Bertz CT molecular complexity index is 488. The van der Waals surface area contributed by atoms with Gasteiger partial charge >= 0.3 is 6.03 Å². The van der Waals surface area contributed by atoms with Crippen molar-refractivity contribution in [1.29, 1.82) is 0 Å². The second-order valence-corrected chi connectivity index (χ2v) is 6.60. The summed E-state index contributed by atoms with van der Waals surface area (Å²) in [6.07, 6.45) is 4.41. The van der Waals surface area contributed by atoms with Gasteiger partial charge in [-0.15, -0.1) is 0 Å². The molecule has 2 fully saturated rings. The van der Waals surface area contributed by atoms with Crippen LogP contribution in [0.4, 0.5) is 4.79 Å². The Hall–Kier alpha value is -1.57. The zero-order valence-corrected chi connectivity index (χ0v) is 14.2. The largest absolute Gasteiger partial charge is 0.472 e. The van der Waals surface area contributed by atoms with Crippen LogP contribution in [0.25, 0.3) is 0 Å². The van der Waals surface area contributed by atoms with Crippen LogP contribution >= 0.6 is 0 Å². The van der Waals surface area contributed by atoms with Gasteiger partial charge in [-0.05, 0) is 24.9 Å². The van der Waals surface area contributed by atoms with Crippen molar-refractivity contribution in [2.45, 2.75) is 13.0 Å². The summed E-state index contributed by atoms with van der Waals surface area (Å²) in [7, 11) is 0. The molecule has 2 aliphatic heterocycles. The van der Waals surface area contributed by atoms with Crippen LogP contribution in [0.3, 0.4) is 0 Å². The molecule has 1 atom stereocenters. The van der Waals surface area contributed by atoms with Crippen LogP contribution in [0.15, 0.2) is 23.0 Å². The van der Waals surface area contributed by atoms with E-state index < -0.39 is 0 Å². The molecule has 0 bridgehead atoms. The Morgan fingerprint density at radius 3 is 2.79 bits per heavy atom. The van der Waals surface area contributed by atoms with Gasteiger partial charge < -0.3 is 24.7 Å². The number of urea groups is 1. The van der Waals surface area contributed by atoms with Gasteiger partial charge in [-0.3, -0.25) is 4.90 Å². The molecule has 7 nitrogen and oxygen atoms in total. The van der Waals surface area contributed by atoms with E-state index in [-0.39, 0.29) is 6.03 Å². The Morgan fingerprint density at radius 2 is 2.00 bits per heavy atom. The summed E-state index contributed by atoms with van der Waals surface area (Å²) in [5.74, 6) is 0.550. The Kier molecular flexibility index (Phi) is 6.51. The molecule has 7 heteroatoms. The summed E-state index contributed by atoms with van der Waals surface area (Å²) in [6.45, 7) is 9.51. The zero-order chi connectivity index (χ0) is 16.6. The molecule has 0 aliphatic carbocycles. The van der Waals surface area contributed by atoms with Gasteiger partial charge in [0.15, 0.2) is 0 Å². The summed E-state index contributed by atoms with van der Waals surface area (Å²) in [5, 5.41) is 5.83. The molecule has 2 aliphatic rings. The third-order valence-corrected chi connectivity index (χ3v) is 4.79. The van der Waals surface area contributed by atoms with Crippen molar-refractivity contribution in [2.75, 3.05) is 59.0 Å². The van der Waals surface area contributed by atoms with Crippen molar-refractivity contribution in [3.05, 3.63) is 24.2 Å². The maximum atomic E-state index is 11.8. The minimum atomic E-state index is -0.108. The highest BCUT2D eigenvalue weighted by Gasteiger charge is 2.23. The number of hydrogen-bond acceptors (Lipinski definition) is 5. The molecule has 0 saturated carbocycles. The first kappa shape index (κ1) is 17.3. The molecule has 0 spiro atoms. The molecule has 2 N–H and O–H groups in total. The Labute approximate surface area is 143 Å². The smallest absolute Gasteiger partial charge is 0.315 e. The SMILES string of the molecule is O=C(NCc1ccoc1)NC[C@@H]1CCN(CCN2CCOCC2)C1. The molecular weight excluding hydrogens is 308 g/mol. The number of hydrogen-bond donors (Lipinski definition) is 2. The fourth-order valence-electron chi connectivity index (χ4n) is 3.27. The topological polar surface area (TPSA) is 70.0 Å². The van der Waals surface area contributed by atoms with Crippen molar-refractivity contribution in [3.63, 3.8) is 0 Å². The van der Waals surface area contributed by atoms with Crippen LogP contribution in [-0.4, -0.2) is 74.9 Å². The molecule has 0 radical (unpaired) electrons. The van der Waals surface area contributed by atoms with E-state index in [1.165, 1.54) is 0 Å². The molecule has 134 valence electrons. The van der Waals surface area contributed by atoms with Gasteiger partial charge in [0.25, 0.3) is 0 Å². The van der Waals surface area contributed by atoms with Crippen molar-refractivity contribution < 1.29 is 13.9 Å². The number of carbonyl (C=O) groups excluding carboxylic acids is 1. The van der Waals surface area contributed by atoms with Crippen molar-refractivity contribution >= 4 is 6.03 Å². The van der Waals surface area contributed by atoms with E-state index in [9.17, 15) is 4.79 Å². The monoisotopic (exact) mass is 336 g/mol. The number of rotatable bonds is 7. The minimum absolute atomic E-state index is 0.108. The Balaban J connectivity index is 1.26. The summed E-state index contributed by atoms with van der Waals surface area (Å²) in [4.78, 5) is 16.8.